The third kappa shape index (κ3) is 4.71. The molecule has 0 bridgehead atoms. The van der Waals surface area contributed by atoms with Crippen molar-refractivity contribution in [3.63, 3.8) is 0 Å². The molecule has 1 aliphatic heterocycles. The lowest BCUT2D eigenvalue weighted by Gasteiger charge is -2.22. The van der Waals surface area contributed by atoms with Crippen LogP contribution in [-0.2, 0) is 16.6 Å². The minimum atomic E-state index is -0.799. The first-order valence-electron chi connectivity index (χ1n) is 11.7. The average molecular weight is 497 g/mol. The first-order chi connectivity index (χ1) is 18.0. The topological polar surface area (TPSA) is 103 Å². The molecule has 37 heavy (non-hydrogen) atoms. The van der Waals surface area contributed by atoms with Crippen LogP contribution >= 0.6 is 0 Å². The molecule has 5 rings (SSSR count). The third-order valence-corrected chi connectivity index (χ3v) is 6.25. The van der Waals surface area contributed by atoms with Gasteiger partial charge in [-0.1, -0.05) is 60.7 Å². The van der Waals surface area contributed by atoms with Gasteiger partial charge in [0.25, 0.3) is 11.5 Å². The van der Waals surface area contributed by atoms with E-state index in [0.717, 1.165) is 21.5 Å². The molecule has 0 saturated carbocycles. The van der Waals surface area contributed by atoms with E-state index in [1.54, 1.807) is 31.4 Å². The maximum Gasteiger partial charge on any atom is 0.359 e. The first kappa shape index (κ1) is 23.9. The molecule has 0 fully saturated rings. The summed E-state index contributed by atoms with van der Waals surface area (Å²) in [5, 5.41) is 10.7. The summed E-state index contributed by atoms with van der Waals surface area (Å²) in [6, 6.07) is 23.3. The number of nitrogens with zero attached hydrogens (tertiary/aromatic N) is 4. The van der Waals surface area contributed by atoms with Gasteiger partial charge in [0.05, 0.1) is 24.2 Å². The van der Waals surface area contributed by atoms with Crippen molar-refractivity contribution < 1.29 is 19.1 Å². The maximum atomic E-state index is 13.3. The van der Waals surface area contributed by atoms with Crippen LogP contribution in [0.5, 0.6) is 5.75 Å². The average Bonchev–Trinajstić information content (AvgIpc) is 3.40. The predicted molar refractivity (Wildman–Crippen MR) is 137 cm³/mol. The standard InChI is InChI=1S/C28H24N4O5/c1-31-27(34)22-11-7-6-10-21(22)26(30-31)28(35)37-17-25(33)32-24(19-12-14-20(36-2)15-13-19)16-23(29-32)18-8-4-3-5-9-18/h3-15,24H,16-17H2,1-2H3/t24-/m1/s1. The fourth-order valence-corrected chi connectivity index (χ4v) is 4.34. The Kier molecular flexibility index (Phi) is 6.51. The number of hydrogen-bond acceptors (Lipinski definition) is 7. The number of ether oxygens (including phenoxy) is 2. The van der Waals surface area contributed by atoms with Gasteiger partial charge in [0, 0.05) is 18.9 Å². The van der Waals surface area contributed by atoms with E-state index in [1.807, 2.05) is 54.6 Å². The summed E-state index contributed by atoms with van der Waals surface area (Å²) in [5.41, 5.74) is 2.18. The van der Waals surface area contributed by atoms with Crippen LogP contribution in [0.3, 0.4) is 0 Å². The maximum absolute atomic E-state index is 13.3. The van der Waals surface area contributed by atoms with Gasteiger partial charge in [-0.3, -0.25) is 9.59 Å². The summed E-state index contributed by atoms with van der Waals surface area (Å²) in [5.74, 6) is -0.573. The van der Waals surface area contributed by atoms with E-state index in [0.29, 0.717) is 22.9 Å². The van der Waals surface area contributed by atoms with Crippen molar-refractivity contribution in [3.05, 3.63) is 106 Å². The molecule has 0 aliphatic carbocycles. The number of carbonyl (C=O) groups is 2. The minimum absolute atomic E-state index is 0.0351. The quantitative estimate of drug-likeness (QED) is 0.379. The molecule has 1 aliphatic rings. The van der Waals surface area contributed by atoms with Gasteiger partial charge < -0.3 is 9.47 Å². The summed E-state index contributed by atoms with van der Waals surface area (Å²) in [6.45, 7) is -0.532. The predicted octanol–water partition coefficient (Wildman–Crippen LogP) is 3.48. The molecule has 0 spiro atoms. The molecule has 1 atom stereocenters. The molecule has 0 N–H and O–H groups in total. The molecule has 0 unspecified atom stereocenters. The van der Waals surface area contributed by atoms with E-state index in [4.69, 9.17) is 9.47 Å². The number of methoxy groups -OCH3 is 1. The zero-order valence-corrected chi connectivity index (χ0v) is 20.3. The van der Waals surface area contributed by atoms with Crippen molar-refractivity contribution >= 4 is 28.4 Å². The number of hydrogen-bond donors (Lipinski definition) is 0. The number of fused-ring (bicyclic) bond motifs is 1. The van der Waals surface area contributed by atoms with Crippen LogP contribution in [0, 0.1) is 0 Å². The van der Waals surface area contributed by atoms with Gasteiger partial charge in [-0.05, 0) is 29.3 Å². The van der Waals surface area contributed by atoms with Gasteiger partial charge in [0.15, 0.2) is 12.3 Å². The third-order valence-electron chi connectivity index (χ3n) is 6.25. The van der Waals surface area contributed by atoms with E-state index in [2.05, 4.69) is 10.2 Å². The van der Waals surface area contributed by atoms with E-state index in [1.165, 1.54) is 12.1 Å². The molecule has 0 saturated heterocycles. The molecule has 9 heteroatoms. The fourth-order valence-electron chi connectivity index (χ4n) is 4.34. The SMILES string of the molecule is COc1ccc([C@H]2CC(c3ccccc3)=NN2C(=O)COC(=O)c2nn(C)c(=O)c3ccccc23)cc1. The Bertz CT molecular complexity index is 1560. The highest BCUT2D eigenvalue weighted by Gasteiger charge is 2.34. The van der Waals surface area contributed by atoms with Crippen LogP contribution in [0.15, 0.2) is 88.8 Å². The highest BCUT2D eigenvalue weighted by atomic mass is 16.5. The molecule has 9 nitrogen and oxygen atoms in total. The zero-order chi connectivity index (χ0) is 25.9. The van der Waals surface area contributed by atoms with Gasteiger partial charge in [-0.15, -0.1) is 0 Å². The van der Waals surface area contributed by atoms with E-state index < -0.39 is 18.5 Å². The number of carbonyl (C=O) groups excluding carboxylic acids is 2. The molecule has 3 aromatic carbocycles. The number of amides is 1. The second-order valence-corrected chi connectivity index (χ2v) is 8.54. The number of benzene rings is 3. The minimum Gasteiger partial charge on any atom is -0.497 e. The molecule has 2 heterocycles. The Balaban J connectivity index is 1.40. The smallest absolute Gasteiger partial charge is 0.359 e. The summed E-state index contributed by atoms with van der Waals surface area (Å²) in [6.07, 6.45) is 0.503. The molecular weight excluding hydrogens is 472 g/mol. The monoisotopic (exact) mass is 496 g/mol. The van der Waals surface area contributed by atoms with Gasteiger partial charge in [-0.2, -0.15) is 10.2 Å². The number of hydrazone groups is 1. The second-order valence-electron chi connectivity index (χ2n) is 8.54. The van der Waals surface area contributed by atoms with E-state index >= 15 is 0 Å². The van der Waals surface area contributed by atoms with Gasteiger partial charge in [-0.25, -0.2) is 14.5 Å². The first-order valence-corrected chi connectivity index (χ1v) is 11.7. The number of esters is 1. The summed E-state index contributed by atoms with van der Waals surface area (Å²) in [7, 11) is 3.05. The lowest BCUT2D eigenvalue weighted by molar-refractivity contribution is -0.136. The van der Waals surface area contributed by atoms with Crippen molar-refractivity contribution in [3.8, 4) is 5.75 Å². The van der Waals surface area contributed by atoms with Crippen molar-refractivity contribution in [2.24, 2.45) is 12.1 Å². The van der Waals surface area contributed by atoms with Crippen molar-refractivity contribution in [1.82, 2.24) is 14.8 Å². The van der Waals surface area contributed by atoms with E-state index in [-0.39, 0.29) is 17.3 Å². The van der Waals surface area contributed by atoms with E-state index in [9.17, 15) is 14.4 Å². The largest absolute Gasteiger partial charge is 0.497 e. The van der Waals surface area contributed by atoms with Gasteiger partial charge in [0.1, 0.15) is 5.75 Å². The van der Waals surface area contributed by atoms with Crippen molar-refractivity contribution in [1.29, 1.82) is 0 Å². The summed E-state index contributed by atoms with van der Waals surface area (Å²) >= 11 is 0. The van der Waals surface area contributed by atoms with Crippen LogP contribution in [0.4, 0.5) is 0 Å². The molecule has 1 amide bonds. The zero-order valence-electron chi connectivity index (χ0n) is 20.3. The molecule has 186 valence electrons. The van der Waals surface area contributed by atoms with Crippen molar-refractivity contribution in [2.75, 3.05) is 13.7 Å². The Morgan fingerprint density at radius 2 is 1.62 bits per heavy atom. The molecule has 0 radical (unpaired) electrons. The Labute approximate surface area is 212 Å². The lowest BCUT2D eigenvalue weighted by atomic mass is 9.98. The summed E-state index contributed by atoms with van der Waals surface area (Å²) in [4.78, 5) is 38.6. The normalized spacial score (nSPS) is 14.9. The lowest BCUT2D eigenvalue weighted by Crippen LogP contribution is -2.32. The van der Waals surface area contributed by atoms with Crippen molar-refractivity contribution in [2.45, 2.75) is 12.5 Å². The second kappa shape index (κ2) is 10.1. The van der Waals surface area contributed by atoms with Gasteiger partial charge >= 0.3 is 5.97 Å². The van der Waals surface area contributed by atoms with Crippen LogP contribution in [0.25, 0.3) is 10.8 Å². The molecule has 4 aromatic rings. The van der Waals surface area contributed by atoms with Gasteiger partial charge in [0.2, 0.25) is 0 Å². The van der Waals surface area contributed by atoms with Crippen LogP contribution in [-0.4, -0.2) is 46.1 Å². The van der Waals surface area contributed by atoms with Crippen LogP contribution < -0.4 is 10.3 Å². The highest BCUT2D eigenvalue weighted by Crippen LogP contribution is 2.33. The Hall–Kier alpha value is -4.79. The Morgan fingerprint density at radius 3 is 2.32 bits per heavy atom. The number of aromatic nitrogens is 2. The van der Waals surface area contributed by atoms with Crippen LogP contribution in [0.2, 0.25) is 0 Å². The molecule has 1 aromatic heterocycles. The number of rotatable bonds is 6. The molecular formula is C28H24N4O5. The number of aryl methyl sites for hydroxylation is 1. The Morgan fingerprint density at radius 1 is 0.946 bits per heavy atom. The van der Waals surface area contributed by atoms with Crippen LogP contribution in [0.1, 0.15) is 34.1 Å². The fraction of sp³-hybridized carbons (Fsp3) is 0.179. The highest BCUT2D eigenvalue weighted by molar-refractivity contribution is 6.04. The summed E-state index contributed by atoms with van der Waals surface area (Å²) < 4.78 is 11.7.